The Kier molecular flexibility index (Phi) is 6.21. The first-order valence-electron chi connectivity index (χ1n) is 10.2. The number of hydrogen-bond acceptors (Lipinski definition) is 7. The maximum Gasteiger partial charge on any atom is 0.273 e. The van der Waals surface area contributed by atoms with E-state index in [2.05, 4.69) is 15.1 Å². The van der Waals surface area contributed by atoms with Crippen LogP contribution in [0.1, 0.15) is 27.4 Å². The minimum atomic E-state index is -0.181. The molecule has 0 saturated heterocycles. The summed E-state index contributed by atoms with van der Waals surface area (Å²) in [4.78, 5) is 30.4. The molecule has 0 fully saturated rings. The van der Waals surface area contributed by atoms with Crippen LogP contribution >= 0.6 is 0 Å². The number of benzene rings is 1. The highest BCUT2D eigenvalue weighted by Crippen LogP contribution is 2.26. The fourth-order valence-corrected chi connectivity index (χ4v) is 3.27. The highest BCUT2D eigenvalue weighted by atomic mass is 16.5. The Morgan fingerprint density at radius 1 is 1.00 bits per heavy atom. The normalized spacial score (nSPS) is 10.7. The summed E-state index contributed by atoms with van der Waals surface area (Å²) in [7, 11) is 3.75. The second-order valence-electron chi connectivity index (χ2n) is 7.62. The van der Waals surface area contributed by atoms with Gasteiger partial charge in [-0.05, 0) is 24.6 Å². The lowest BCUT2D eigenvalue weighted by Gasteiger charge is -2.24. The second kappa shape index (κ2) is 9.38. The van der Waals surface area contributed by atoms with Crippen LogP contribution in [0.2, 0.25) is 0 Å². The molecule has 0 N–H and O–H groups in total. The molecule has 0 aliphatic carbocycles. The average Bonchev–Trinajstić information content (AvgIpc) is 3.25. The number of rotatable bonds is 7. The van der Waals surface area contributed by atoms with Crippen LogP contribution in [0.15, 0.2) is 71.5 Å². The molecule has 4 rings (SSSR count). The third kappa shape index (κ3) is 4.80. The summed E-state index contributed by atoms with van der Waals surface area (Å²) in [5.74, 6) is 0.928. The highest BCUT2D eigenvalue weighted by Gasteiger charge is 2.22. The third-order valence-corrected chi connectivity index (χ3v) is 4.88. The number of aryl methyl sites for hydroxylation is 1. The van der Waals surface area contributed by atoms with Gasteiger partial charge in [0, 0.05) is 39.1 Å². The van der Waals surface area contributed by atoms with Gasteiger partial charge in [0.15, 0.2) is 5.76 Å². The van der Waals surface area contributed by atoms with Crippen LogP contribution in [0.25, 0.3) is 11.3 Å². The van der Waals surface area contributed by atoms with Gasteiger partial charge in [0.25, 0.3) is 5.91 Å². The minimum Gasteiger partial charge on any atom is -0.356 e. The van der Waals surface area contributed by atoms with Crippen LogP contribution in [0.3, 0.4) is 0 Å². The molecule has 32 heavy (non-hydrogen) atoms. The van der Waals surface area contributed by atoms with Crippen molar-refractivity contribution in [1.82, 2.24) is 25.0 Å². The molecule has 1 amide bonds. The van der Waals surface area contributed by atoms with Crippen molar-refractivity contribution in [2.75, 3.05) is 19.0 Å². The van der Waals surface area contributed by atoms with E-state index in [0.29, 0.717) is 35.2 Å². The van der Waals surface area contributed by atoms with Crippen molar-refractivity contribution in [3.8, 4) is 11.3 Å². The van der Waals surface area contributed by atoms with Gasteiger partial charge in [-0.15, -0.1) is 0 Å². The molecular weight excluding hydrogens is 404 g/mol. The molecule has 0 aliphatic heterocycles. The maximum absolute atomic E-state index is 13.4. The van der Waals surface area contributed by atoms with E-state index in [1.807, 2.05) is 62.3 Å². The summed E-state index contributed by atoms with van der Waals surface area (Å²) in [5, 5.41) is 3.99. The predicted octanol–water partition coefficient (Wildman–Crippen LogP) is 3.74. The Bertz CT molecular complexity index is 1190. The molecule has 0 aliphatic rings. The molecule has 0 saturated carbocycles. The molecule has 0 bridgehead atoms. The van der Waals surface area contributed by atoms with Gasteiger partial charge in [0.2, 0.25) is 5.95 Å². The topological polar surface area (TPSA) is 88.3 Å². The zero-order chi connectivity index (χ0) is 22.5. The van der Waals surface area contributed by atoms with E-state index < -0.39 is 0 Å². The van der Waals surface area contributed by atoms with Crippen LogP contribution < -0.4 is 4.90 Å². The molecule has 8 nitrogen and oxygen atoms in total. The van der Waals surface area contributed by atoms with Gasteiger partial charge in [-0.25, -0.2) is 9.97 Å². The summed E-state index contributed by atoms with van der Waals surface area (Å²) >= 11 is 0. The summed E-state index contributed by atoms with van der Waals surface area (Å²) in [6, 6.07) is 17.0. The zero-order valence-electron chi connectivity index (χ0n) is 18.3. The molecule has 0 unspecified atom stereocenters. The van der Waals surface area contributed by atoms with Gasteiger partial charge < -0.3 is 14.3 Å². The lowest BCUT2D eigenvalue weighted by molar-refractivity contribution is 0.0722. The quantitative estimate of drug-likeness (QED) is 0.443. The largest absolute Gasteiger partial charge is 0.356 e. The first kappa shape index (κ1) is 21.2. The van der Waals surface area contributed by atoms with E-state index >= 15 is 0 Å². The van der Waals surface area contributed by atoms with Gasteiger partial charge in [0.1, 0.15) is 5.69 Å². The van der Waals surface area contributed by atoms with E-state index in [9.17, 15) is 4.79 Å². The fraction of sp³-hybridized carbons (Fsp3) is 0.208. The number of aromatic nitrogens is 4. The monoisotopic (exact) mass is 428 g/mol. The molecule has 0 atom stereocenters. The molecule has 8 heteroatoms. The summed E-state index contributed by atoms with van der Waals surface area (Å²) in [6.07, 6.45) is 3.33. The van der Waals surface area contributed by atoms with Gasteiger partial charge in [-0.2, -0.15) is 0 Å². The average molecular weight is 428 g/mol. The number of carbonyl (C=O) groups excluding carboxylic acids is 1. The number of nitrogens with zero attached hydrogens (tertiary/aromatic N) is 6. The number of hydrogen-bond donors (Lipinski definition) is 0. The predicted molar refractivity (Wildman–Crippen MR) is 121 cm³/mol. The molecule has 0 spiro atoms. The fourth-order valence-electron chi connectivity index (χ4n) is 3.27. The van der Waals surface area contributed by atoms with Crippen molar-refractivity contribution >= 4 is 11.9 Å². The summed E-state index contributed by atoms with van der Waals surface area (Å²) in [6.45, 7) is 2.52. The molecular formula is C24H24N6O2. The number of pyridine rings is 1. The lowest BCUT2D eigenvalue weighted by atomic mass is 10.1. The molecule has 4 aromatic rings. The van der Waals surface area contributed by atoms with Gasteiger partial charge >= 0.3 is 0 Å². The van der Waals surface area contributed by atoms with Gasteiger partial charge in [0.05, 0.1) is 23.5 Å². The van der Waals surface area contributed by atoms with Crippen LogP contribution in [0.4, 0.5) is 5.95 Å². The SMILES string of the molecule is Cc1cc(-c2cnc(N(C)C)nc2CN(Cc2ccccc2)C(=O)c2ccccn2)on1. The van der Waals surface area contributed by atoms with E-state index in [1.165, 1.54) is 0 Å². The van der Waals surface area contributed by atoms with Crippen LogP contribution in [0.5, 0.6) is 0 Å². The summed E-state index contributed by atoms with van der Waals surface area (Å²) in [5.41, 5.74) is 3.51. The van der Waals surface area contributed by atoms with Gasteiger partial charge in [-0.3, -0.25) is 9.78 Å². The highest BCUT2D eigenvalue weighted by molar-refractivity contribution is 5.92. The molecule has 1 aromatic carbocycles. The number of carbonyl (C=O) groups is 1. The minimum absolute atomic E-state index is 0.181. The molecule has 3 aromatic heterocycles. The van der Waals surface area contributed by atoms with Crippen molar-refractivity contribution in [2.45, 2.75) is 20.0 Å². The Morgan fingerprint density at radius 3 is 2.44 bits per heavy atom. The van der Waals surface area contributed by atoms with Crippen molar-refractivity contribution < 1.29 is 9.32 Å². The standard InChI is InChI=1S/C24H24N6O2/c1-17-13-22(32-28-17)19-14-26-24(29(2)3)27-21(19)16-30(15-18-9-5-4-6-10-18)23(31)20-11-7-8-12-25-20/h4-14H,15-16H2,1-3H3. The Labute approximate surface area is 186 Å². The summed E-state index contributed by atoms with van der Waals surface area (Å²) < 4.78 is 5.48. The van der Waals surface area contributed by atoms with Crippen LogP contribution in [-0.4, -0.2) is 45.0 Å². The van der Waals surface area contributed by atoms with E-state index in [1.54, 1.807) is 35.5 Å². The first-order chi connectivity index (χ1) is 15.5. The smallest absolute Gasteiger partial charge is 0.273 e. The molecule has 0 radical (unpaired) electrons. The number of amides is 1. The second-order valence-corrected chi connectivity index (χ2v) is 7.62. The van der Waals surface area contributed by atoms with Crippen LogP contribution in [0, 0.1) is 6.92 Å². The van der Waals surface area contributed by atoms with Crippen molar-refractivity contribution in [3.63, 3.8) is 0 Å². The van der Waals surface area contributed by atoms with Crippen molar-refractivity contribution in [3.05, 3.63) is 89.6 Å². The van der Waals surface area contributed by atoms with E-state index in [0.717, 1.165) is 11.3 Å². The molecule has 3 heterocycles. The van der Waals surface area contributed by atoms with Crippen molar-refractivity contribution in [1.29, 1.82) is 0 Å². The van der Waals surface area contributed by atoms with E-state index in [-0.39, 0.29) is 12.5 Å². The Hall–Kier alpha value is -4.07. The first-order valence-corrected chi connectivity index (χ1v) is 10.2. The van der Waals surface area contributed by atoms with Crippen LogP contribution in [-0.2, 0) is 13.1 Å². The van der Waals surface area contributed by atoms with Crippen molar-refractivity contribution in [2.24, 2.45) is 0 Å². The molecule has 162 valence electrons. The maximum atomic E-state index is 13.4. The lowest BCUT2D eigenvalue weighted by Crippen LogP contribution is -2.31. The third-order valence-electron chi connectivity index (χ3n) is 4.88. The number of anilines is 1. The van der Waals surface area contributed by atoms with E-state index in [4.69, 9.17) is 9.51 Å². The Balaban J connectivity index is 1.75. The Morgan fingerprint density at radius 2 is 1.78 bits per heavy atom. The van der Waals surface area contributed by atoms with Gasteiger partial charge in [-0.1, -0.05) is 41.6 Å². The zero-order valence-corrected chi connectivity index (χ0v) is 18.3.